The van der Waals surface area contributed by atoms with Gasteiger partial charge in [0.15, 0.2) is 5.11 Å². The number of methoxy groups -OCH3 is 1. The number of esters is 1. The lowest BCUT2D eigenvalue weighted by Gasteiger charge is -2.09. The van der Waals surface area contributed by atoms with Crippen molar-refractivity contribution in [2.24, 2.45) is 0 Å². The number of benzene rings is 1. The third-order valence-electron chi connectivity index (χ3n) is 4.29. The van der Waals surface area contributed by atoms with E-state index >= 15 is 0 Å². The summed E-state index contributed by atoms with van der Waals surface area (Å²) in [4.78, 5) is 17.5. The van der Waals surface area contributed by atoms with Crippen molar-refractivity contribution in [3.8, 4) is 0 Å². The van der Waals surface area contributed by atoms with Gasteiger partial charge in [0.25, 0.3) is 0 Å². The van der Waals surface area contributed by atoms with Crippen LogP contribution < -0.4 is 10.6 Å². The number of rotatable bonds is 6. The van der Waals surface area contributed by atoms with Crippen molar-refractivity contribution < 1.29 is 9.53 Å². The number of ether oxygens (including phenoxy) is 1. The fourth-order valence-electron chi connectivity index (χ4n) is 2.90. The lowest BCUT2D eigenvalue weighted by atomic mass is 10.1. The summed E-state index contributed by atoms with van der Waals surface area (Å²) in [6.45, 7) is 4.38. The third kappa shape index (κ3) is 5.10. The van der Waals surface area contributed by atoms with Crippen LogP contribution in [0, 0.1) is 6.92 Å². The molecule has 7 nitrogen and oxygen atoms in total. The average molecular weight is 484 g/mol. The molecule has 2 N–H and O–H groups in total. The minimum absolute atomic E-state index is 0.270. The molecule has 0 aliphatic carbocycles. The minimum Gasteiger partial charge on any atom is -0.465 e. The van der Waals surface area contributed by atoms with Crippen LogP contribution in [0.15, 0.2) is 24.5 Å². The molecule has 158 valence electrons. The Kier molecular flexibility index (Phi) is 7.30. The van der Waals surface area contributed by atoms with E-state index in [2.05, 4.69) is 20.7 Å². The van der Waals surface area contributed by atoms with Crippen molar-refractivity contribution in [3.05, 3.63) is 56.1 Å². The Labute approximate surface area is 193 Å². The van der Waals surface area contributed by atoms with Crippen LogP contribution in [-0.2, 0) is 17.7 Å². The van der Waals surface area contributed by atoms with Crippen LogP contribution in [0.1, 0.15) is 33.3 Å². The highest BCUT2D eigenvalue weighted by Gasteiger charge is 2.22. The van der Waals surface area contributed by atoms with Crippen LogP contribution in [0.2, 0.25) is 10.0 Å². The summed E-state index contributed by atoms with van der Waals surface area (Å²) in [7, 11) is 1.36. The Morgan fingerprint density at radius 1 is 1.33 bits per heavy atom. The molecule has 0 atom stereocenters. The molecular formula is C19H19Cl2N5O2S2. The summed E-state index contributed by atoms with van der Waals surface area (Å²) in [5.74, 6) is -0.0788. The zero-order chi connectivity index (χ0) is 21.8. The molecule has 3 rings (SSSR count). The quantitative estimate of drug-likeness (QED) is 0.370. The normalized spacial score (nSPS) is 10.7. The number of thiophene rings is 1. The summed E-state index contributed by atoms with van der Waals surface area (Å²) >= 11 is 19.0. The monoisotopic (exact) mass is 483 g/mol. The number of anilines is 2. The lowest BCUT2D eigenvalue weighted by Crippen LogP contribution is -2.21. The Balaban J connectivity index is 1.70. The van der Waals surface area contributed by atoms with E-state index in [1.54, 1.807) is 23.1 Å². The zero-order valence-corrected chi connectivity index (χ0v) is 19.6. The maximum absolute atomic E-state index is 12.2. The van der Waals surface area contributed by atoms with Crippen molar-refractivity contribution >= 4 is 68.8 Å². The molecule has 0 spiro atoms. The fraction of sp³-hybridized carbons (Fsp3) is 0.263. The average Bonchev–Trinajstić information content (AvgIpc) is 3.26. The second-order valence-corrected chi connectivity index (χ2v) is 8.74. The molecule has 0 radical (unpaired) electrons. The Bertz CT molecular complexity index is 1100. The predicted octanol–water partition coefficient (Wildman–Crippen LogP) is 5.16. The molecule has 0 saturated carbocycles. The first-order valence-electron chi connectivity index (χ1n) is 8.94. The molecule has 0 amide bonds. The second kappa shape index (κ2) is 9.74. The second-order valence-electron chi connectivity index (χ2n) is 6.27. The Morgan fingerprint density at radius 2 is 2.10 bits per heavy atom. The van der Waals surface area contributed by atoms with Crippen molar-refractivity contribution in [3.63, 3.8) is 0 Å². The van der Waals surface area contributed by atoms with Crippen molar-refractivity contribution in [1.82, 2.24) is 14.8 Å². The highest BCUT2D eigenvalue weighted by atomic mass is 35.5. The maximum atomic E-state index is 12.2. The number of hydrogen-bond donors (Lipinski definition) is 2. The van der Waals surface area contributed by atoms with Gasteiger partial charge in [-0.05, 0) is 48.8 Å². The molecule has 0 unspecified atom stereocenters. The minimum atomic E-state index is -0.399. The summed E-state index contributed by atoms with van der Waals surface area (Å²) in [6, 6.07) is 5.29. The summed E-state index contributed by atoms with van der Waals surface area (Å²) in [5, 5.41) is 12.4. The fourth-order valence-corrected chi connectivity index (χ4v) is 4.76. The molecule has 3 aromatic rings. The van der Waals surface area contributed by atoms with E-state index in [0.29, 0.717) is 39.5 Å². The van der Waals surface area contributed by atoms with E-state index in [0.717, 1.165) is 16.0 Å². The van der Waals surface area contributed by atoms with E-state index in [4.69, 9.17) is 40.2 Å². The van der Waals surface area contributed by atoms with Gasteiger partial charge in [0.1, 0.15) is 11.3 Å². The smallest absolute Gasteiger partial charge is 0.341 e. The number of aryl methyl sites for hydroxylation is 1. The molecule has 2 aromatic heterocycles. The summed E-state index contributed by atoms with van der Waals surface area (Å²) in [5.41, 5.74) is 2.31. The van der Waals surface area contributed by atoms with E-state index in [9.17, 15) is 4.79 Å². The number of carbonyl (C=O) groups is 1. The van der Waals surface area contributed by atoms with Crippen molar-refractivity contribution in [2.75, 3.05) is 17.7 Å². The molecular weight excluding hydrogens is 465 g/mol. The molecule has 0 fully saturated rings. The first-order chi connectivity index (χ1) is 14.3. The van der Waals surface area contributed by atoms with E-state index in [1.165, 1.54) is 18.4 Å². The summed E-state index contributed by atoms with van der Waals surface area (Å²) in [6.07, 6.45) is 2.29. The van der Waals surface area contributed by atoms with E-state index in [1.807, 2.05) is 19.9 Å². The molecule has 0 bridgehead atoms. The van der Waals surface area contributed by atoms with Crippen LogP contribution in [0.5, 0.6) is 0 Å². The van der Waals surface area contributed by atoms with E-state index < -0.39 is 5.97 Å². The van der Waals surface area contributed by atoms with Gasteiger partial charge in [-0.3, -0.25) is 5.32 Å². The van der Waals surface area contributed by atoms with Crippen LogP contribution in [-0.4, -0.2) is 33.0 Å². The molecule has 1 aromatic carbocycles. The first kappa shape index (κ1) is 22.5. The number of aromatic nitrogens is 3. The number of nitrogens with zero attached hydrogens (tertiary/aromatic N) is 3. The van der Waals surface area contributed by atoms with Gasteiger partial charge in [0.2, 0.25) is 5.95 Å². The standard InChI is InChI=1S/C19H19Cl2N5O2S2/c1-4-13-10(2)30-16(15(13)17(27)28-3)23-19(29)24-18-22-9-26(25-18)8-11-5-6-12(20)7-14(11)21/h5-7,9H,4,8H2,1-3H3,(H2,23,24,25,29). The molecule has 0 aliphatic heterocycles. The predicted molar refractivity (Wildman–Crippen MR) is 125 cm³/mol. The molecule has 2 heterocycles. The van der Waals surface area contributed by atoms with Gasteiger partial charge in [0, 0.05) is 14.9 Å². The number of carbonyl (C=O) groups excluding carboxylic acids is 1. The van der Waals surface area contributed by atoms with Crippen molar-refractivity contribution in [2.45, 2.75) is 26.8 Å². The van der Waals surface area contributed by atoms with Gasteiger partial charge in [-0.1, -0.05) is 36.2 Å². The lowest BCUT2D eigenvalue weighted by molar-refractivity contribution is 0.0601. The van der Waals surface area contributed by atoms with Gasteiger partial charge >= 0.3 is 5.97 Å². The van der Waals surface area contributed by atoms with Gasteiger partial charge in [-0.25, -0.2) is 14.5 Å². The van der Waals surface area contributed by atoms with Crippen LogP contribution in [0.4, 0.5) is 10.9 Å². The summed E-state index contributed by atoms with van der Waals surface area (Å²) < 4.78 is 6.56. The number of nitrogens with one attached hydrogen (secondary N) is 2. The highest BCUT2D eigenvalue weighted by Crippen LogP contribution is 2.34. The first-order valence-corrected chi connectivity index (χ1v) is 10.9. The number of halogens is 2. The highest BCUT2D eigenvalue weighted by molar-refractivity contribution is 7.80. The van der Waals surface area contributed by atoms with Gasteiger partial charge < -0.3 is 10.1 Å². The Hall–Kier alpha value is -2.20. The topological polar surface area (TPSA) is 81.1 Å². The maximum Gasteiger partial charge on any atom is 0.341 e. The van der Waals surface area contributed by atoms with Gasteiger partial charge in [0.05, 0.1) is 19.2 Å². The zero-order valence-electron chi connectivity index (χ0n) is 16.5. The largest absolute Gasteiger partial charge is 0.465 e. The van der Waals surface area contributed by atoms with Crippen LogP contribution in [0.3, 0.4) is 0 Å². The Morgan fingerprint density at radius 3 is 2.77 bits per heavy atom. The van der Waals surface area contributed by atoms with Crippen molar-refractivity contribution in [1.29, 1.82) is 0 Å². The third-order valence-corrected chi connectivity index (χ3v) is 6.14. The van der Waals surface area contributed by atoms with Crippen LogP contribution in [0.25, 0.3) is 0 Å². The SMILES string of the molecule is CCc1c(C)sc(NC(=S)Nc2ncn(Cc3ccc(Cl)cc3Cl)n2)c1C(=O)OC. The number of thiocarbonyl (C=S) groups is 1. The molecule has 30 heavy (non-hydrogen) atoms. The molecule has 11 heteroatoms. The number of hydrogen-bond acceptors (Lipinski definition) is 6. The molecule has 0 aliphatic rings. The van der Waals surface area contributed by atoms with Crippen LogP contribution >= 0.6 is 46.8 Å². The van der Waals surface area contributed by atoms with E-state index in [-0.39, 0.29) is 5.11 Å². The van der Waals surface area contributed by atoms with Gasteiger partial charge in [-0.2, -0.15) is 0 Å². The van der Waals surface area contributed by atoms with Gasteiger partial charge in [-0.15, -0.1) is 16.4 Å². The molecule has 0 saturated heterocycles.